The molecule has 34 heavy (non-hydrogen) atoms. The number of amides is 2. The van der Waals surface area contributed by atoms with E-state index in [2.05, 4.69) is 29.6 Å². The monoisotopic (exact) mass is 462 g/mol. The van der Waals surface area contributed by atoms with E-state index in [0.29, 0.717) is 12.8 Å². The number of carbonyl (C=O) groups excluding carboxylic acids is 2. The number of alkyl carbamates (subject to hydrolysis) is 1. The molecule has 7 nitrogen and oxygen atoms in total. The summed E-state index contributed by atoms with van der Waals surface area (Å²) in [5.41, 5.74) is 2.69. The summed E-state index contributed by atoms with van der Waals surface area (Å²) >= 11 is 0. The van der Waals surface area contributed by atoms with Gasteiger partial charge in [-0.1, -0.05) is 48.5 Å². The van der Waals surface area contributed by atoms with Crippen LogP contribution in [0.4, 0.5) is 4.79 Å². The smallest absolute Gasteiger partial charge is 0.408 e. The second-order valence-electron chi connectivity index (χ2n) is 10.3. The lowest BCUT2D eigenvalue weighted by Gasteiger charge is -2.39. The summed E-state index contributed by atoms with van der Waals surface area (Å²) in [5.74, 6) is -1.21. The summed E-state index contributed by atoms with van der Waals surface area (Å²) < 4.78 is 5.63. The molecule has 1 aliphatic carbocycles. The van der Waals surface area contributed by atoms with E-state index in [1.165, 1.54) is 0 Å². The van der Waals surface area contributed by atoms with E-state index in [9.17, 15) is 19.5 Å². The van der Waals surface area contributed by atoms with Crippen LogP contribution in [-0.2, 0) is 14.3 Å². The lowest BCUT2D eigenvalue weighted by atomic mass is 9.84. The third kappa shape index (κ3) is 3.63. The van der Waals surface area contributed by atoms with Crippen molar-refractivity contribution in [1.29, 1.82) is 0 Å². The quantitative estimate of drug-likeness (QED) is 0.667. The second-order valence-corrected chi connectivity index (χ2v) is 10.3. The highest BCUT2D eigenvalue weighted by Gasteiger charge is 2.57. The summed E-state index contributed by atoms with van der Waals surface area (Å²) in [4.78, 5) is 39.5. The number of ether oxygens (including phenoxy) is 1. The Kier molecular flexibility index (Phi) is 5.38. The molecule has 2 aromatic rings. The predicted octanol–water partition coefficient (Wildman–Crippen LogP) is 4.30. The first-order valence-electron chi connectivity index (χ1n) is 11.9. The van der Waals surface area contributed by atoms with E-state index < -0.39 is 23.1 Å². The zero-order valence-corrected chi connectivity index (χ0v) is 19.5. The van der Waals surface area contributed by atoms with E-state index in [1.807, 2.05) is 24.3 Å². The van der Waals surface area contributed by atoms with Crippen LogP contribution in [0.2, 0.25) is 0 Å². The van der Waals surface area contributed by atoms with E-state index in [4.69, 9.17) is 4.74 Å². The minimum atomic E-state index is -1.21. The average molecular weight is 463 g/mol. The highest BCUT2D eigenvalue weighted by Crippen LogP contribution is 2.49. The molecule has 2 aliphatic heterocycles. The number of hydrogen-bond acceptors (Lipinski definition) is 4. The largest absolute Gasteiger partial charge is 0.481 e. The topological polar surface area (TPSA) is 95.9 Å². The van der Waals surface area contributed by atoms with Crippen LogP contribution in [0.25, 0.3) is 11.1 Å². The number of carboxylic acids is 1. The van der Waals surface area contributed by atoms with E-state index in [0.717, 1.165) is 35.1 Å². The molecule has 2 bridgehead atoms. The molecule has 2 N–H and O–H groups in total. The molecule has 0 radical (unpaired) electrons. The van der Waals surface area contributed by atoms with Crippen LogP contribution in [0, 0.1) is 0 Å². The molecule has 7 heteroatoms. The van der Waals surface area contributed by atoms with Gasteiger partial charge in [-0.25, -0.2) is 4.79 Å². The second kappa shape index (κ2) is 8.15. The van der Waals surface area contributed by atoms with Crippen LogP contribution >= 0.6 is 0 Å². The first-order chi connectivity index (χ1) is 16.2. The van der Waals surface area contributed by atoms with Crippen LogP contribution in [0.1, 0.15) is 63.0 Å². The molecule has 2 heterocycles. The summed E-state index contributed by atoms with van der Waals surface area (Å²) in [5, 5.41) is 12.2. The molecule has 2 fully saturated rings. The van der Waals surface area contributed by atoms with Crippen molar-refractivity contribution in [1.82, 2.24) is 10.2 Å². The molecule has 2 amide bonds. The Labute approximate surface area is 199 Å². The maximum absolute atomic E-state index is 13.5. The molecular weight excluding hydrogens is 432 g/mol. The van der Waals surface area contributed by atoms with Crippen LogP contribution in [0.15, 0.2) is 48.5 Å². The number of nitrogens with one attached hydrogen (secondary N) is 1. The molecule has 5 rings (SSSR count). The number of benzene rings is 2. The number of hydrogen-bond donors (Lipinski definition) is 2. The Morgan fingerprint density at radius 1 is 1.03 bits per heavy atom. The molecule has 178 valence electrons. The van der Waals surface area contributed by atoms with Crippen molar-refractivity contribution in [2.45, 2.75) is 69.0 Å². The molecule has 2 aromatic carbocycles. The van der Waals surface area contributed by atoms with Crippen molar-refractivity contribution >= 4 is 18.0 Å². The lowest BCUT2D eigenvalue weighted by Crippen LogP contribution is -2.60. The zero-order valence-electron chi connectivity index (χ0n) is 19.5. The third-order valence-electron chi connectivity index (χ3n) is 7.75. The number of carboxylic acid groups (broad SMARTS) is 1. The van der Waals surface area contributed by atoms with Gasteiger partial charge in [0.25, 0.3) is 0 Å². The van der Waals surface area contributed by atoms with Crippen LogP contribution in [-0.4, -0.2) is 51.7 Å². The fourth-order valence-electron chi connectivity index (χ4n) is 6.20. The van der Waals surface area contributed by atoms with E-state index >= 15 is 0 Å². The van der Waals surface area contributed by atoms with Gasteiger partial charge >= 0.3 is 12.1 Å². The van der Waals surface area contributed by atoms with Crippen molar-refractivity contribution in [3.05, 3.63) is 59.7 Å². The van der Waals surface area contributed by atoms with Gasteiger partial charge in [0.05, 0.1) is 12.0 Å². The van der Waals surface area contributed by atoms with Gasteiger partial charge in [-0.3, -0.25) is 9.59 Å². The van der Waals surface area contributed by atoms with Gasteiger partial charge in [-0.15, -0.1) is 0 Å². The zero-order chi connectivity index (χ0) is 24.1. The molecule has 3 aliphatic rings. The molecule has 0 atom stereocenters. The molecule has 0 spiro atoms. The lowest BCUT2D eigenvalue weighted by molar-refractivity contribution is -0.146. The van der Waals surface area contributed by atoms with Crippen LogP contribution in [0.5, 0.6) is 0 Å². The van der Waals surface area contributed by atoms with Crippen LogP contribution < -0.4 is 5.32 Å². The standard InChI is InChI=1S/C27H30N2O5/c1-26(2,24(32)29-17-11-13-27(29,14-12-17)15-23(30)31)28-25(33)34-16-22-20-9-5-3-7-18(20)19-8-4-6-10-21(19)22/h3-10,17,22H,11-16H2,1-2H3,(H,28,33)(H,30,31). The molecule has 0 saturated carbocycles. The minimum absolute atomic E-state index is 0.0374. The SMILES string of the molecule is CC(C)(NC(=O)OCC1c2ccccc2-c2ccccc21)C(=O)N1C2CCC1(CC(=O)O)CC2. The number of aliphatic carboxylic acids is 1. The molecule has 0 unspecified atom stereocenters. The van der Waals surface area contributed by atoms with E-state index in [1.54, 1.807) is 18.7 Å². The van der Waals surface area contributed by atoms with Gasteiger partial charge < -0.3 is 20.1 Å². The number of rotatable bonds is 6. The highest BCUT2D eigenvalue weighted by molar-refractivity contribution is 5.91. The summed E-state index contributed by atoms with van der Waals surface area (Å²) in [6.07, 6.45) is 2.28. The van der Waals surface area contributed by atoms with Crippen LogP contribution in [0.3, 0.4) is 0 Å². The number of nitrogens with zero attached hydrogens (tertiary/aromatic N) is 1. The Balaban J connectivity index is 1.27. The number of carbonyl (C=O) groups is 3. The van der Waals surface area contributed by atoms with Gasteiger partial charge in [0.1, 0.15) is 12.1 Å². The van der Waals surface area contributed by atoms with Crippen molar-refractivity contribution in [3.8, 4) is 11.1 Å². The number of fused-ring (bicyclic) bond motifs is 5. The fourth-order valence-corrected chi connectivity index (χ4v) is 6.20. The van der Waals surface area contributed by atoms with Gasteiger partial charge in [0.15, 0.2) is 0 Å². The summed E-state index contributed by atoms with van der Waals surface area (Å²) in [6.45, 7) is 3.48. The molecule has 2 saturated heterocycles. The molecule has 0 aromatic heterocycles. The van der Waals surface area contributed by atoms with Crippen molar-refractivity contribution < 1.29 is 24.2 Å². The highest BCUT2D eigenvalue weighted by atomic mass is 16.5. The fraction of sp³-hybridized carbons (Fsp3) is 0.444. The van der Waals surface area contributed by atoms with Gasteiger partial charge in [0, 0.05) is 12.0 Å². The maximum Gasteiger partial charge on any atom is 0.408 e. The normalized spacial score (nSPS) is 22.9. The van der Waals surface area contributed by atoms with Gasteiger partial charge in [0.2, 0.25) is 5.91 Å². The molecular formula is C27H30N2O5. The summed E-state index contributed by atoms with van der Waals surface area (Å²) in [6, 6.07) is 16.3. The van der Waals surface area contributed by atoms with Crippen molar-refractivity contribution in [3.63, 3.8) is 0 Å². The van der Waals surface area contributed by atoms with Crippen molar-refractivity contribution in [2.24, 2.45) is 0 Å². The first-order valence-corrected chi connectivity index (χ1v) is 11.9. The Morgan fingerprint density at radius 3 is 2.15 bits per heavy atom. The Bertz CT molecular complexity index is 1100. The average Bonchev–Trinajstić information content (AvgIpc) is 3.43. The Hall–Kier alpha value is -3.35. The first kappa shape index (κ1) is 22.4. The summed E-state index contributed by atoms with van der Waals surface area (Å²) in [7, 11) is 0. The Morgan fingerprint density at radius 2 is 1.59 bits per heavy atom. The van der Waals surface area contributed by atoms with E-state index in [-0.39, 0.29) is 30.9 Å². The maximum atomic E-state index is 13.5. The predicted molar refractivity (Wildman–Crippen MR) is 126 cm³/mol. The minimum Gasteiger partial charge on any atom is -0.481 e. The van der Waals surface area contributed by atoms with Gasteiger partial charge in [-0.2, -0.15) is 0 Å². The van der Waals surface area contributed by atoms with Crippen molar-refractivity contribution in [2.75, 3.05) is 6.61 Å². The third-order valence-corrected chi connectivity index (χ3v) is 7.75. The van der Waals surface area contributed by atoms with Gasteiger partial charge in [-0.05, 0) is 61.8 Å².